The molecule has 0 bridgehead atoms. The normalized spacial score (nSPS) is 11.8. The SMILES string of the molecule is CC(c1cccs1)N(C)c1ccc(C#N)nc1. The fourth-order valence-electron chi connectivity index (χ4n) is 1.60. The first-order chi connectivity index (χ1) is 8.22. The predicted molar refractivity (Wildman–Crippen MR) is 70.1 cm³/mol. The Morgan fingerprint density at radius 2 is 2.24 bits per heavy atom. The minimum absolute atomic E-state index is 0.310. The largest absolute Gasteiger partial charge is 0.366 e. The second-order valence-electron chi connectivity index (χ2n) is 3.82. The third-order valence-corrected chi connectivity index (χ3v) is 3.85. The molecule has 2 aromatic heterocycles. The van der Waals surface area contributed by atoms with Gasteiger partial charge in [-0.2, -0.15) is 5.26 Å². The maximum absolute atomic E-state index is 8.70. The molecule has 0 fully saturated rings. The summed E-state index contributed by atoms with van der Waals surface area (Å²) in [7, 11) is 2.04. The molecule has 3 nitrogen and oxygen atoms in total. The Hall–Kier alpha value is -1.86. The smallest absolute Gasteiger partial charge is 0.140 e. The Kier molecular flexibility index (Phi) is 3.40. The van der Waals surface area contributed by atoms with Gasteiger partial charge in [0.05, 0.1) is 17.9 Å². The van der Waals surface area contributed by atoms with Gasteiger partial charge in [0.25, 0.3) is 0 Å². The van der Waals surface area contributed by atoms with Crippen LogP contribution in [0, 0.1) is 11.3 Å². The highest BCUT2D eigenvalue weighted by molar-refractivity contribution is 7.10. The van der Waals surface area contributed by atoms with Crippen LogP contribution in [0.1, 0.15) is 23.5 Å². The van der Waals surface area contributed by atoms with Gasteiger partial charge in [-0.05, 0) is 30.5 Å². The molecule has 0 spiro atoms. The summed E-state index contributed by atoms with van der Waals surface area (Å²) in [5, 5.41) is 10.8. The maximum Gasteiger partial charge on any atom is 0.140 e. The molecule has 4 heteroatoms. The standard InChI is InChI=1S/C13H13N3S/c1-10(13-4-3-7-17-13)16(2)12-6-5-11(8-14)15-9-12/h3-7,9-10H,1-2H3. The summed E-state index contributed by atoms with van der Waals surface area (Å²) in [6, 6.07) is 10.2. The van der Waals surface area contributed by atoms with Crippen molar-refractivity contribution >= 4 is 17.0 Å². The van der Waals surface area contributed by atoms with Crippen LogP contribution in [0.5, 0.6) is 0 Å². The van der Waals surface area contributed by atoms with Gasteiger partial charge in [0.2, 0.25) is 0 Å². The highest BCUT2D eigenvalue weighted by Gasteiger charge is 2.13. The molecule has 2 heterocycles. The lowest BCUT2D eigenvalue weighted by atomic mass is 10.2. The third-order valence-electron chi connectivity index (χ3n) is 2.81. The van der Waals surface area contributed by atoms with E-state index in [1.54, 1.807) is 23.6 Å². The first kappa shape index (κ1) is 11.6. The quantitative estimate of drug-likeness (QED) is 0.831. The van der Waals surface area contributed by atoms with E-state index in [0.717, 1.165) is 5.69 Å². The van der Waals surface area contributed by atoms with Crippen LogP contribution >= 0.6 is 11.3 Å². The Labute approximate surface area is 105 Å². The molecule has 0 aliphatic heterocycles. The number of hydrogen-bond donors (Lipinski definition) is 0. The van der Waals surface area contributed by atoms with Crippen LogP contribution in [0.3, 0.4) is 0 Å². The van der Waals surface area contributed by atoms with Gasteiger partial charge in [0.1, 0.15) is 11.8 Å². The minimum atomic E-state index is 0.310. The Balaban J connectivity index is 2.19. The van der Waals surface area contributed by atoms with Crippen LogP contribution in [-0.2, 0) is 0 Å². The average molecular weight is 243 g/mol. The van der Waals surface area contributed by atoms with Gasteiger partial charge < -0.3 is 4.90 Å². The van der Waals surface area contributed by atoms with Gasteiger partial charge in [0, 0.05) is 11.9 Å². The van der Waals surface area contributed by atoms with Crippen molar-refractivity contribution in [3.05, 3.63) is 46.4 Å². The summed E-state index contributed by atoms with van der Waals surface area (Å²) < 4.78 is 0. The summed E-state index contributed by atoms with van der Waals surface area (Å²) in [6.45, 7) is 2.16. The van der Waals surface area contributed by atoms with E-state index in [0.29, 0.717) is 11.7 Å². The minimum Gasteiger partial charge on any atom is -0.366 e. The van der Waals surface area contributed by atoms with E-state index in [-0.39, 0.29) is 0 Å². The number of nitrogens with zero attached hydrogens (tertiary/aromatic N) is 3. The van der Waals surface area contributed by atoms with E-state index in [1.807, 2.05) is 19.2 Å². The molecule has 0 aromatic carbocycles. The molecule has 1 unspecified atom stereocenters. The van der Waals surface area contributed by atoms with Crippen LogP contribution in [0.25, 0.3) is 0 Å². The van der Waals surface area contributed by atoms with Crippen LogP contribution in [-0.4, -0.2) is 12.0 Å². The Bertz CT molecular complexity index is 511. The molecule has 0 aliphatic rings. The van der Waals surface area contributed by atoms with Gasteiger partial charge >= 0.3 is 0 Å². The van der Waals surface area contributed by atoms with Crippen LogP contribution in [0.15, 0.2) is 35.8 Å². The molecular formula is C13H13N3S. The molecule has 86 valence electrons. The lowest BCUT2D eigenvalue weighted by Gasteiger charge is -2.25. The number of anilines is 1. The molecule has 0 amide bonds. The number of aromatic nitrogens is 1. The summed E-state index contributed by atoms with van der Waals surface area (Å²) in [5.74, 6) is 0. The molecule has 2 rings (SSSR count). The molecule has 0 aliphatic carbocycles. The topological polar surface area (TPSA) is 39.9 Å². The molecule has 0 N–H and O–H groups in total. The Morgan fingerprint density at radius 1 is 1.41 bits per heavy atom. The van der Waals surface area contributed by atoms with Crippen LogP contribution in [0.2, 0.25) is 0 Å². The molecule has 17 heavy (non-hydrogen) atoms. The van der Waals surface area contributed by atoms with Crippen molar-refractivity contribution in [2.24, 2.45) is 0 Å². The molecule has 0 saturated heterocycles. The Morgan fingerprint density at radius 3 is 2.76 bits per heavy atom. The van der Waals surface area contributed by atoms with Crippen LogP contribution < -0.4 is 4.90 Å². The number of hydrogen-bond acceptors (Lipinski definition) is 4. The van der Waals surface area contributed by atoms with Crippen molar-refractivity contribution in [1.82, 2.24) is 4.98 Å². The van der Waals surface area contributed by atoms with Crippen LogP contribution in [0.4, 0.5) is 5.69 Å². The monoisotopic (exact) mass is 243 g/mol. The second kappa shape index (κ2) is 4.98. The van der Waals surface area contributed by atoms with Gasteiger partial charge in [-0.15, -0.1) is 11.3 Å². The van der Waals surface area contributed by atoms with Crippen molar-refractivity contribution in [3.63, 3.8) is 0 Å². The van der Waals surface area contributed by atoms with Crippen molar-refractivity contribution < 1.29 is 0 Å². The molecule has 0 radical (unpaired) electrons. The van der Waals surface area contributed by atoms with E-state index < -0.39 is 0 Å². The zero-order chi connectivity index (χ0) is 12.3. The number of thiophene rings is 1. The lowest BCUT2D eigenvalue weighted by molar-refractivity contribution is 0.752. The van der Waals surface area contributed by atoms with Crippen molar-refractivity contribution in [2.75, 3.05) is 11.9 Å². The third kappa shape index (κ3) is 2.45. The summed E-state index contributed by atoms with van der Waals surface area (Å²) in [6.07, 6.45) is 1.74. The first-order valence-corrected chi connectivity index (χ1v) is 6.22. The fourth-order valence-corrected chi connectivity index (χ4v) is 2.43. The molecule has 1 atom stereocenters. The van der Waals surface area contributed by atoms with E-state index in [4.69, 9.17) is 5.26 Å². The van der Waals surface area contributed by atoms with Crippen molar-refractivity contribution in [3.8, 4) is 6.07 Å². The van der Waals surface area contributed by atoms with Gasteiger partial charge in [-0.1, -0.05) is 6.07 Å². The summed E-state index contributed by atoms with van der Waals surface area (Å²) in [4.78, 5) is 7.55. The average Bonchev–Trinajstić information content (AvgIpc) is 2.91. The van der Waals surface area contributed by atoms with E-state index in [2.05, 4.69) is 34.3 Å². The van der Waals surface area contributed by atoms with E-state index in [1.165, 1.54) is 4.88 Å². The molecular weight excluding hydrogens is 230 g/mol. The molecule has 0 saturated carbocycles. The highest BCUT2D eigenvalue weighted by atomic mass is 32.1. The second-order valence-corrected chi connectivity index (χ2v) is 4.80. The first-order valence-electron chi connectivity index (χ1n) is 5.34. The fraction of sp³-hybridized carbons (Fsp3) is 0.231. The zero-order valence-corrected chi connectivity index (χ0v) is 10.6. The van der Waals surface area contributed by atoms with Crippen molar-refractivity contribution in [1.29, 1.82) is 5.26 Å². The lowest BCUT2D eigenvalue weighted by Crippen LogP contribution is -2.20. The highest BCUT2D eigenvalue weighted by Crippen LogP contribution is 2.27. The van der Waals surface area contributed by atoms with Gasteiger partial charge in [-0.3, -0.25) is 0 Å². The number of rotatable bonds is 3. The van der Waals surface area contributed by atoms with Crippen molar-refractivity contribution in [2.45, 2.75) is 13.0 Å². The maximum atomic E-state index is 8.70. The molecule has 2 aromatic rings. The predicted octanol–water partition coefficient (Wildman–Crippen LogP) is 3.21. The van der Waals surface area contributed by atoms with Gasteiger partial charge in [-0.25, -0.2) is 4.98 Å². The zero-order valence-electron chi connectivity index (χ0n) is 9.79. The number of pyridine rings is 1. The van der Waals surface area contributed by atoms with Gasteiger partial charge in [0.15, 0.2) is 0 Å². The summed E-state index contributed by atoms with van der Waals surface area (Å²) >= 11 is 1.75. The van der Waals surface area contributed by atoms with E-state index >= 15 is 0 Å². The summed E-state index contributed by atoms with van der Waals surface area (Å²) in [5.41, 5.74) is 1.47. The van der Waals surface area contributed by atoms with E-state index in [9.17, 15) is 0 Å². The number of nitriles is 1.